The number of rotatable bonds is 5. The summed E-state index contributed by atoms with van der Waals surface area (Å²) in [7, 11) is 0. The monoisotopic (exact) mass is 406 g/mol. The minimum atomic E-state index is -1.20. The van der Waals surface area contributed by atoms with Crippen LogP contribution >= 0.6 is 11.6 Å². The van der Waals surface area contributed by atoms with Crippen LogP contribution in [0.15, 0.2) is 36.4 Å². The van der Waals surface area contributed by atoms with Crippen LogP contribution in [0.2, 0.25) is 5.02 Å². The van der Waals surface area contributed by atoms with E-state index in [1.807, 2.05) is 0 Å². The highest BCUT2D eigenvalue weighted by molar-refractivity contribution is 6.30. The average Bonchev–Trinajstić information content (AvgIpc) is 2.68. The molecule has 1 aliphatic rings. The molecule has 1 N–H and O–H groups in total. The SMILES string of the molecule is C[C@H](OC(=O)c1cc2c(cc1[N+](=O)[O-])OCCO2)C(=O)Nc1ccc(Cl)cc1. The van der Waals surface area contributed by atoms with E-state index in [4.69, 9.17) is 25.8 Å². The van der Waals surface area contributed by atoms with Gasteiger partial charge in [-0.3, -0.25) is 14.9 Å². The lowest BCUT2D eigenvalue weighted by molar-refractivity contribution is -0.385. The van der Waals surface area contributed by atoms with E-state index < -0.39 is 28.6 Å². The number of hydrogen-bond donors (Lipinski definition) is 1. The van der Waals surface area contributed by atoms with Gasteiger partial charge >= 0.3 is 5.97 Å². The van der Waals surface area contributed by atoms with Gasteiger partial charge in [0.15, 0.2) is 17.6 Å². The molecule has 0 saturated heterocycles. The molecule has 1 atom stereocenters. The van der Waals surface area contributed by atoms with Crippen molar-refractivity contribution in [1.82, 2.24) is 0 Å². The van der Waals surface area contributed by atoms with E-state index in [0.29, 0.717) is 10.7 Å². The fraction of sp³-hybridized carbons (Fsp3) is 0.222. The number of nitrogens with zero attached hydrogens (tertiary/aromatic N) is 1. The summed E-state index contributed by atoms with van der Waals surface area (Å²) < 4.78 is 15.7. The van der Waals surface area contributed by atoms with E-state index in [0.717, 1.165) is 6.07 Å². The zero-order chi connectivity index (χ0) is 20.3. The summed E-state index contributed by atoms with van der Waals surface area (Å²) in [6.45, 7) is 1.85. The third-order valence-electron chi connectivity index (χ3n) is 3.84. The number of anilines is 1. The van der Waals surface area contributed by atoms with Crippen molar-refractivity contribution in [3.63, 3.8) is 0 Å². The van der Waals surface area contributed by atoms with Gasteiger partial charge in [-0.25, -0.2) is 4.79 Å². The van der Waals surface area contributed by atoms with Crippen LogP contribution < -0.4 is 14.8 Å². The summed E-state index contributed by atoms with van der Waals surface area (Å²) in [5.41, 5.74) is -0.373. The fourth-order valence-corrected chi connectivity index (χ4v) is 2.57. The molecule has 0 saturated carbocycles. The number of ether oxygens (including phenoxy) is 3. The van der Waals surface area contributed by atoms with Crippen LogP contribution in [0.3, 0.4) is 0 Å². The van der Waals surface area contributed by atoms with Crippen molar-refractivity contribution < 1.29 is 28.7 Å². The molecule has 0 bridgehead atoms. The number of nitrogens with one attached hydrogen (secondary N) is 1. The third-order valence-corrected chi connectivity index (χ3v) is 4.09. The summed E-state index contributed by atoms with van der Waals surface area (Å²) in [6.07, 6.45) is -1.20. The first-order chi connectivity index (χ1) is 13.3. The van der Waals surface area contributed by atoms with Gasteiger partial charge in [-0.2, -0.15) is 0 Å². The lowest BCUT2D eigenvalue weighted by Gasteiger charge is -2.19. The molecule has 1 heterocycles. The van der Waals surface area contributed by atoms with Gasteiger partial charge in [0.1, 0.15) is 18.8 Å². The van der Waals surface area contributed by atoms with Crippen molar-refractivity contribution in [3.8, 4) is 11.5 Å². The van der Waals surface area contributed by atoms with Gasteiger partial charge in [-0.1, -0.05) is 11.6 Å². The van der Waals surface area contributed by atoms with Crippen LogP contribution in [0, 0.1) is 10.1 Å². The van der Waals surface area contributed by atoms with Gasteiger partial charge < -0.3 is 19.5 Å². The quantitative estimate of drug-likeness (QED) is 0.460. The Labute approximate surface area is 164 Å². The molecule has 2 aromatic rings. The number of hydrogen-bond acceptors (Lipinski definition) is 7. The standard InChI is InChI=1S/C18H15ClN2O7/c1-10(17(22)20-12-4-2-11(19)3-5-12)28-18(23)13-8-15-16(27-7-6-26-15)9-14(13)21(24)25/h2-5,8-10H,6-7H2,1H3,(H,20,22)/t10-/m0/s1. The molecule has 146 valence electrons. The van der Waals surface area contributed by atoms with Crippen LogP contribution in [-0.2, 0) is 9.53 Å². The Balaban J connectivity index is 1.75. The first-order valence-corrected chi connectivity index (χ1v) is 8.58. The molecule has 10 heteroatoms. The van der Waals surface area contributed by atoms with Gasteiger partial charge in [0.05, 0.1) is 11.0 Å². The highest BCUT2D eigenvalue weighted by Crippen LogP contribution is 2.37. The van der Waals surface area contributed by atoms with Crippen molar-refractivity contribution in [2.24, 2.45) is 0 Å². The fourth-order valence-electron chi connectivity index (χ4n) is 2.45. The predicted molar refractivity (Wildman–Crippen MR) is 99.0 cm³/mol. The first kappa shape index (κ1) is 19.4. The lowest BCUT2D eigenvalue weighted by atomic mass is 10.1. The van der Waals surface area contributed by atoms with Crippen molar-refractivity contribution in [3.05, 3.63) is 57.1 Å². The number of carbonyl (C=O) groups excluding carboxylic acids is 2. The van der Waals surface area contributed by atoms with E-state index in [2.05, 4.69) is 5.32 Å². The number of fused-ring (bicyclic) bond motifs is 1. The largest absolute Gasteiger partial charge is 0.486 e. The summed E-state index contributed by atoms with van der Waals surface area (Å²) in [5, 5.41) is 14.4. The van der Waals surface area contributed by atoms with E-state index in [1.54, 1.807) is 24.3 Å². The molecule has 1 amide bonds. The smallest absolute Gasteiger partial charge is 0.346 e. The maximum atomic E-state index is 12.4. The van der Waals surface area contributed by atoms with Crippen LogP contribution in [0.25, 0.3) is 0 Å². The molecule has 3 rings (SSSR count). The lowest BCUT2D eigenvalue weighted by Crippen LogP contribution is -2.30. The van der Waals surface area contributed by atoms with E-state index in [-0.39, 0.29) is 30.3 Å². The molecule has 28 heavy (non-hydrogen) atoms. The van der Waals surface area contributed by atoms with Gasteiger partial charge in [-0.05, 0) is 31.2 Å². The maximum Gasteiger partial charge on any atom is 0.346 e. The second-order valence-electron chi connectivity index (χ2n) is 5.81. The molecule has 1 aliphatic heterocycles. The van der Waals surface area contributed by atoms with E-state index >= 15 is 0 Å². The number of halogens is 1. The van der Waals surface area contributed by atoms with E-state index in [9.17, 15) is 19.7 Å². The van der Waals surface area contributed by atoms with Gasteiger partial charge in [0.2, 0.25) is 0 Å². The van der Waals surface area contributed by atoms with Crippen LogP contribution in [0.1, 0.15) is 17.3 Å². The Morgan fingerprint density at radius 3 is 2.39 bits per heavy atom. The Kier molecular flexibility index (Phi) is 5.65. The molecule has 0 aliphatic carbocycles. The van der Waals surface area contributed by atoms with Crippen molar-refractivity contribution >= 4 is 34.9 Å². The zero-order valence-corrected chi connectivity index (χ0v) is 15.4. The Hall–Kier alpha value is -3.33. The topological polar surface area (TPSA) is 117 Å². The molecule has 0 aromatic heterocycles. The number of esters is 1. The Morgan fingerprint density at radius 2 is 1.79 bits per heavy atom. The number of amides is 1. The summed E-state index contributed by atoms with van der Waals surface area (Å²) in [4.78, 5) is 35.2. The van der Waals surface area contributed by atoms with Crippen LogP contribution in [0.4, 0.5) is 11.4 Å². The minimum absolute atomic E-state index is 0.169. The van der Waals surface area contributed by atoms with Gasteiger partial charge in [-0.15, -0.1) is 0 Å². The normalized spacial score (nSPS) is 13.4. The molecule has 0 spiro atoms. The Morgan fingerprint density at radius 1 is 1.18 bits per heavy atom. The molecular weight excluding hydrogens is 392 g/mol. The van der Waals surface area contributed by atoms with Crippen LogP contribution in [-0.4, -0.2) is 36.1 Å². The molecule has 2 aromatic carbocycles. The summed E-state index contributed by atoms with van der Waals surface area (Å²) >= 11 is 5.78. The minimum Gasteiger partial charge on any atom is -0.486 e. The molecule has 0 radical (unpaired) electrons. The molecule has 0 unspecified atom stereocenters. The number of nitro benzene ring substituents is 1. The molecule has 9 nitrogen and oxygen atoms in total. The highest BCUT2D eigenvalue weighted by Gasteiger charge is 2.29. The van der Waals surface area contributed by atoms with Crippen molar-refractivity contribution in [2.75, 3.05) is 18.5 Å². The second-order valence-corrected chi connectivity index (χ2v) is 6.25. The van der Waals surface area contributed by atoms with E-state index in [1.165, 1.54) is 13.0 Å². The zero-order valence-electron chi connectivity index (χ0n) is 14.6. The predicted octanol–water partition coefficient (Wildman–Crippen LogP) is 3.20. The summed E-state index contributed by atoms with van der Waals surface area (Å²) in [5.74, 6) is -1.26. The van der Waals surface area contributed by atoms with Crippen molar-refractivity contribution in [1.29, 1.82) is 0 Å². The van der Waals surface area contributed by atoms with Gasteiger partial charge in [0.25, 0.3) is 11.6 Å². The van der Waals surface area contributed by atoms with Crippen molar-refractivity contribution in [2.45, 2.75) is 13.0 Å². The average molecular weight is 407 g/mol. The first-order valence-electron chi connectivity index (χ1n) is 8.20. The molecular formula is C18H15ClN2O7. The second kappa shape index (κ2) is 8.13. The third kappa shape index (κ3) is 4.32. The maximum absolute atomic E-state index is 12.4. The van der Waals surface area contributed by atoms with Crippen LogP contribution in [0.5, 0.6) is 11.5 Å². The summed E-state index contributed by atoms with van der Waals surface area (Å²) in [6, 6.07) is 8.63. The number of nitro groups is 1. The highest BCUT2D eigenvalue weighted by atomic mass is 35.5. The number of carbonyl (C=O) groups is 2. The van der Waals surface area contributed by atoms with Gasteiger partial charge in [0, 0.05) is 16.8 Å². The molecule has 0 fully saturated rings. The number of benzene rings is 2. The Bertz CT molecular complexity index is 930.